The predicted octanol–water partition coefficient (Wildman–Crippen LogP) is 9.24. The maximum Gasteiger partial charge on any atom is 0.123 e. The van der Waals surface area contributed by atoms with Gasteiger partial charge < -0.3 is 9.47 Å². The van der Waals surface area contributed by atoms with Gasteiger partial charge in [0.15, 0.2) is 0 Å². The third-order valence-corrected chi connectivity index (χ3v) is 6.95. The molecule has 0 unspecified atom stereocenters. The molecular weight excluding hydrogens is 424 g/mol. The van der Waals surface area contributed by atoms with Gasteiger partial charge in [-0.15, -0.1) is 11.3 Å². The fourth-order valence-corrected chi connectivity index (χ4v) is 4.86. The van der Waals surface area contributed by atoms with Crippen molar-refractivity contribution in [2.45, 2.75) is 91.8 Å². The number of hydrogen-bond donors (Lipinski definition) is 0. The van der Waals surface area contributed by atoms with Crippen molar-refractivity contribution in [1.29, 1.82) is 0 Å². The summed E-state index contributed by atoms with van der Waals surface area (Å²) in [5, 5.41) is 0. The lowest BCUT2D eigenvalue weighted by Gasteiger charge is -2.30. The van der Waals surface area contributed by atoms with Gasteiger partial charge in [0.25, 0.3) is 0 Å². The fourth-order valence-electron chi connectivity index (χ4n) is 3.85. The van der Waals surface area contributed by atoms with Crippen molar-refractivity contribution in [3.8, 4) is 21.9 Å². The monoisotopic (exact) mass is 464 g/mol. The molecule has 0 spiro atoms. The summed E-state index contributed by atoms with van der Waals surface area (Å²) >= 11 is 1.87. The van der Waals surface area contributed by atoms with Crippen molar-refractivity contribution in [3.63, 3.8) is 0 Å². The first-order chi connectivity index (χ1) is 15.3. The van der Waals surface area contributed by atoms with Crippen LogP contribution in [0, 0.1) is 0 Å². The summed E-state index contributed by atoms with van der Waals surface area (Å²) in [4.78, 5) is 2.71. The average molecular weight is 465 g/mol. The maximum absolute atomic E-state index is 6.45. The van der Waals surface area contributed by atoms with Gasteiger partial charge in [-0.1, -0.05) is 39.8 Å². The number of rotatable bonds is 8. The number of hydrogen-bond acceptors (Lipinski definition) is 3. The topological polar surface area (TPSA) is 18.5 Å². The molecule has 0 fully saturated rings. The predicted molar refractivity (Wildman–Crippen MR) is 143 cm³/mol. The number of thiophene rings is 1. The van der Waals surface area contributed by atoms with Gasteiger partial charge in [0.2, 0.25) is 0 Å². The molecular formula is C30H40O2S. The van der Waals surface area contributed by atoms with Crippen LogP contribution in [-0.2, 0) is 6.42 Å². The van der Waals surface area contributed by atoms with Crippen LogP contribution in [0.5, 0.6) is 11.5 Å². The Hall–Kier alpha value is -2.26. The Morgan fingerprint density at radius 3 is 1.97 bits per heavy atom. The minimum atomic E-state index is -0.382. The van der Waals surface area contributed by atoms with E-state index in [1.807, 2.05) is 11.3 Å². The first kappa shape index (κ1) is 25.4. The quantitative estimate of drug-likeness (QED) is 0.331. The van der Waals surface area contributed by atoms with Gasteiger partial charge in [-0.3, -0.25) is 0 Å². The maximum atomic E-state index is 6.45. The first-order valence-corrected chi connectivity index (χ1v) is 12.9. The molecule has 0 aliphatic rings. The summed E-state index contributed by atoms with van der Waals surface area (Å²) in [5.74, 6) is 2.89. The second-order valence-corrected chi connectivity index (χ2v) is 12.3. The zero-order chi connectivity index (χ0) is 24.4. The Kier molecular flexibility index (Phi) is 7.63. The van der Waals surface area contributed by atoms with E-state index >= 15 is 0 Å². The van der Waals surface area contributed by atoms with Crippen molar-refractivity contribution in [3.05, 3.63) is 70.6 Å². The minimum absolute atomic E-state index is 0.262. The Bertz CT molecular complexity index is 1050. The molecule has 178 valence electrons. The van der Waals surface area contributed by atoms with E-state index in [9.17, 15) is 0 Å². The fraction of sp³-hybridized carbons (Fsp3) is 0.467. The molecule has 1 heterocycles. The summed E-state index contributed by atoms with van der Waals surface area (Å²) in [6, 6.07) is 19.6. The molecule has 0 radical (unpaired) electrons. The summed E-state index contributed by atoms with van der Waals surface area (Å²) in [6.45, 7) is 19.5. The van der Waals surface area contributed by atoms with E-state index in [4.69, 9.17) is 9.47 Å². The second-order valence-electron chi connectivity index (χ2n) is 11.2. The van der Waals surface area contributed by atoms with E-state index in [1.54, 1.807) is 0 Å². The molecule has 1 aromatic heterocycles. The standard InChI is InChI=1S/C30H40O2S/c1-20(2)22-10-13-25(14-11-22)31-30(8,9)19-24-18-23(12-15-26(24)32-29(5,6)7)28-17-16-27(33-28)21(3)4/h10-18,20-21H,19H2,1-9H3. The molecule has 0 aliphatic carbocycles. The van der Waals surface area contributed by atoms with Crippen molar-refractivity contribution < 1.29 is 9.47 Å². The van der Waals surface area contributed by atoms with Crippen molar-refractivity contribution in [2.75, 3.05) is 0 Å². The van der Waals surface area contributed by atoms with Crippen LogP contribution >= 0.6 is 11.3 Å². The van der Waals surface area contributed by atoms with Crippen LogP contribution in [0.1, 0.15) is 90.2 Å². The van der Waals surface area contributed by atoms with Crippen molar-refractivity contribution >= 4 is 11.3 Å². The van der Waals surface area contributed by atoms with Crippen LogP contribution in [0.4, 0.5) is 0 Å². The SMILES string of the molecule is CC(C)c1ccc(OC(C)(C)Cc2cc(-c3ccc(C(C)C)s3)ccc2OC(C)(C)C)cc1. The molecule has 0 saturated heterocycles. The third-order valence-electron chi connectivity index (χ3n) is 5.51. The molecule has 0 aliphatic heterocycles. The molecule has 3 aromatic rings. The molecule has 33 heavy (non-hydrogen) atoms. The second kappa shape index (κ2) is 9.93. The highest BCUT2D eigenvalue weighted by Gasteiger charge is 2.25. The zero-order valence-corrected chi connectivity index (χ0v) is 22.6. The van der Waals surface area contributed by atoms with Gasteiger partial charge >= 0.3 is 0 Å². The number of ether oxygens (including phenoxy) is 2. The lowest BCUT2D eigenvalue weighted by Crippen LogP contribution is -2.32. The highest BCUT2D eigenvalue weighted by Crippen LogP contribution is 2.37. The van der Waals surface area contributed by atoms with Gasteiger partial charge in [0.05, 0.1) is 0 Å². The van der Waals surface area contributed by atoms with E-state index < -0.39 is 0 Å². The van der Waals surface area contributed by atoms with Crippen LogP contribution in [0.15, 0.2) is 54.6 Å². The molecule has 0 atom stereocenters. The van der Waals surface area contributed by atoms with Crippen LogP contribution in [0.3, 0.4) is 0 Å². The molecule has 0 bridgehead atoms. The third kappa shape index (κ3) is 7.11. The first-order valence-electron chi connectivity index (χ1n) is 12.0. The minimum Gasteiger partial charge on any atom is -0.488 e. The Labute approximate surface area is 205 Å². The van der Waals surface area contributed by atoms with E-state index in [0.717, 1.165) is 17.9 Å². The lowest BCUT2D eigenvalue weighted by atomic mass is 9.95. The average Bonchev–Trinajstić information content (AvgIpc) is 3.19. The van der Waals surface area contributed by atoms with E-state index in [-0.39, 0.29) is 11.2 Å². The van der Waals surface area contributed by atoms with Crippen molar-refractivity contribution in [1.82, 2.24) is 0 Å². The zero-order valence-electron chi connectivity index (χ0n) is 21.8. The van der Waals surface area contributed by atoms with Gasteiger partial charge in [-0.2, -0.15) is 0 Å². The summed E-state index contributed by atoms with van der Waals surface area (Å²) in [5.41, 5.74) is 3.09. The van der Waals surface area contributed by atoms with Crippen LogP contribution in [-0.4, -0.2) is 11.2 Å². The summed E-state index contributed by atoms with van der Waals surface area (Å²) in [7, 11) is 0. The van der Waals surface area contributed by atoms with Gasteiger partial charge in [0, 0.05) is 16.2 Å². The molecule has 2 aromatic carbocycles. The summed E-state index contributed by atoms with van der Waals surface area (Å²) < 4.78 is 12.8. The molecule has 3 heteroatoms. The molecule has 0 N–H and O–H groups in total. The van der Waals surface area contributed by atoms with Gasteiger partial charge in [-0.25, -0.2) is 0 Å². The molecule has 0 amide bonds. The Morgan fingerprint density at radius 2 is 1.42 bits per heavy atom. The summed E-state index contributed by atoms with van der Waals surface area (Å²) in [6.07, 6.45) is 0.751. The van der Waals surface area contributed by atoms with Gasteiger partial charge in [0.1, 0.15) is 22.7 Å². The Morgan fingerprint density at radius 1 is 0.758 bits per heavy atom. The number of benzene rings is 2. The highest BCUT2D eigenvalue weighted by atomic mass is 32.1. The smallest absolute Gasteiger partial charge is 0.123 e. The Balaban J connectivity index is 1.90. The molecule has 2 nitrogen and oxygen atoms in total. The van der Waals surface area contributed by atoms with Gasteiger partial charge in [-0.05, 0) is 106 Å². The largest absolute Gasteiger partial charge is 0.488 e. The lowest BCUT2D eigenvalue weighted by molar-refractivity contribution is 0.102. The highest BCUT2D eigenvalue weighted by molar-refractivity contribution is 7.15. The van der Waals surface area contributed by atoms with Crippen LogP contribution < -0.4 is 9.47 Å². The molecule has 0 saturated carbocycles. The van der Waals surface area contributed by atoms with E-state index in [0.29, 0.717) is 11.8 Å². The van der Waals surface area contributed by atoms with Crippen molar-refractivity contribution in [2.24, 2.45) is 0 Å². The normalized spacial score (nSPS) is 12.5. The van der Waals surface area contributed by atoms with Crippen LogP contribution in [0.2, 0.25) is 0 Å². The van der Waals surface area contributed by atoms with E-state index in [1.165, 1.54) is 26.4 Å². The molecule has 3 rings (SSSR count). The van der Waals surface area contributed by atoms with Crippen LogP contribution in [0.25, 0.3) is 10.4 Å². The van der Waals surface area contributed by atoms with E-state index in [2.05, 4.69) is 117 Å².